The third-order valence-corrected chi connectivity index (χ3v) is 5.88. The zero-order valence-corrected chi connectivity index (χ0v) is 17.6. The van der Waals surface area contributed by atoms with Gasteiger partial charge in [0.25, 0.3) is 0 Å². The molecule has 1 rings (SSSR count). The average molecular weight is 366 g/mol. The number of hydrogen-bond donors (Lipinski definition) is 2. The normalized spacial score (nSPS) is 22.3. The van der Waals surface area contributed by atoms with Crippen molar-refractivity contribution < 1.29 is 9.59 Å². The maximum atomic E-state index is 9.35. The van der Waals surface area contributed by atoms with Crippen molar-refractivity contribution in [2.45, 2.75) is 103 Å². The minimum Gasteiger partial charge on any atom is -0.390 e. The molecule has 3 heteroatoms. The Kier molecular flexibility index (Phi) is 13.7. The summed E-state index contributed by atoms with van der Waals surface area (Å²) in [7, 11) is 0. The predicted molar refractivity (Wildman–Crippen MR) is 114 cm³/mol. The number of aliphatic hydroxyl groups excluding tert-OH is 1. The summed E-state index contributed by atoms with van der Waals surface area (Å²) in [5.74, 6) is 0. The van der Waals surface area contributed by atoms with Crippen LogP contribution in [0.1, 0.15) is 97.3 Å². The fourth-order valence-electron chi connectivity index (χ4n) is 4.03. The van der Waals surface area contributed by atoms with Crippen molar-refractivity contribution in [3.05, 3.63) is 24.6 Å². The Hall–Kier alpha value is -0.800. The number of unbranched alkanes of at least 4 members (excludes halogenated alkanes) is 10. The van der Waals surface area contributed by atoms with Crippen LogP contribution in [0.3, 0.4) is 0 Å². The van der Waals surface area contributed by atoms with E-state index in [0.29, 0.717) is 6.17 Å². The van der Waals surface area contributed by atoms with Gasteiger partial charge in [-0.15, -0.1) is 0 Å². The van der Waals surface area contributed by atoms with Crippen LogP contribution in [0, 0.1) is 0 Å². The monoisotopic (exact) mass is 365 g/mol. The highest BCUT2D eigenvalue weighted by molar-refractivity contribution is 4.84. The summed E-state index contributed by atoms with van der Waals surface area (Å²) in [4.78, 5) is 0. The van der Waals surface area contributed by atoms with Crippen LogP contribution < -0.4 is 5.32 Å². The van der Waals surface area contributed by atoms with Gasteiger partial charge in [-0.25, -0.2) is 0 Å². The predicted octanol–water partition coefficient (Wildman–Crippen LogP) is 5.86. The molecule has 0 radical (unpaired) electrons. The van der Waals surface area contributed by atoms with Crippen LogP contribution in [0.2, 0.25) is 0 Å². The highest BCUT2D eigenvalue weighted by atomic mass is 16.3. The number of quaternary nitrogens is 1. The average Bonchev–Trinajstić information content (AvgIpc) is 3.05. The zero-order chi connectivity index (χ0) is 18.9. The quantitative estimate of drug-likeness (QED) is 0.192. The summed E-state index contributed by atoms with van der Waals surface area (Å²) in [6.07, 6.45) is 26.9. The van der Waals surface area contributed by atoms with Crippen molar-refractivity contribution >= 4 is 0 Å². The molecule has 0 saturated carbocycles. The molecule has 0 aromatic heterocycles. The first-order valence-electron chi connectivity index (χ1n) is 11.3. The first-order chi connectivity index (χ1) is 12.8. The molecule has 26 heavy (non-hydrogen) atoms. The van der Waals surface area contributed by atoms with Crippen LogP contribution >= 0.6 is 0 Å². The number of nitrogens with one attached hydrogen (secondary N) is 1. The van der Waals surface area contributed by atoms with Crippen molar-refractivity contribution in [3.8, 4) is 0 Å². The molecule has 1 aliphatic rings. The summed E-state index contributed by atoms with van der Waals surface area (Å²) in [5.41, 5.74) is 0. The third-order valence-electron chi connectivity index (χ3n) is 5.88. The Labute approximate surface area is 163 Å². The molecule has 0 aliphatic carbocycles. The van der Waals surface area contributed by atoms with Crippen LogP contribution in [-0.4, -0.2) is 35.5 Å². The van der Waals surface area contributed by atoms with Gasteiger partial charge in [-0.2, -0.15) is 0 Å². The first-order valence-corrected chi connectivity index (χ1v) is 11.3. The third kappa shape index (κ3) is 9.23. The van der Waals surface area contributed by atoms with E-state index in [9.17, 15) is 5.11 Å². The lowest BCUT2D eigenvalue weighted by Gasteiger charge is -2.36. The number of rotatable bonds is 17. The van der Waals surface area contributed by atoms with E-state index < -0.39 is 0 Å². The van der Waals surface area contributed by atoms with Crippen molar-refractivity contribution in [1.82, 2.24) is 5.32 Å². The largest absolute Gasteiger partial charge is 0.390 e. The van der Waals surface area contributed by atoms with E-state index in [2.05, 4.69) is 43.7 Å². The minimum atomic E-state index is 0.268. The maximum Gasteiger partial charge on any atom is 0.166 e. The number of likely N-dealkylation sites (N-methyl/N-ethyl adjacent to an activating group) is 1. The molecule has 0 saturated heterocycles. The van der Waals surface area contributed by atoms with Gasteiger partial charge in [0.05, 0.1) is 19.4 Å². The molecule has 0 amide bonds. The van der Waals surface area contributed by atoms with Gasteiger partial charge in [0, 0.05) is 6.42 Å². The molecule has 1 heterocycles. The SMILES string of the molecule is CCCCC/C=C/CCCCCCCCCC1NC=C[N+]1(CC)CCO. The maximum absolute atomic E-state index is 9.35. The molecule has 0 bridgehead atoms. The Morgan fingerprint density at radius 1 is 0.885 bits per heavy atom. The standard InChI is InChI=1S/C23H45N2O/c1-3-5-6-7-8-9-10-11-12-13-14-15-16-17-18-23-24-19-20-25(23,4-2)21-22-26/h8-9,19-20,23-24,26H,3-7,10-18,21-22H2,1-2H3/q+1/b9-8+. The van der Waals surface area contributed by atoms with Gasteiger partial charge in [-0.05, 0) is 39.0 Å². The molecule has 2 atom stereocenters. The highest BCUT2D eigenvalue weighted by Crippen LogP contribution is 2.22. The van der Waals surface area contributed by atoms with Crippen LogP contribution in [0.4, 0.5) is 0 Å². The van der Waals surface area contributed by atoms with E-state index in [4.69, 9.17) is 0 Å². The summed E-state index contributed by atoms with van der Waals surface area (Å²) in [5, 5.41) is 12.9. The van der Waals surface area contributed by atoms with Gasteiger partial charge in [0.15, 0.2) is 6.17 Å². The van der Waals surface area contributed by atoms with E-state index in [0.717, 1.165) is 17.6 Å². The van der Waals surface area contributed by atoms with E-state index >= 15 is 0 Å². The number of nitrogens with zero attached hydrogens (tertiary/aromatic N) is 1. The van der Waals surface area contributed by atoms with E-state index in [-0.39, 0.29) is 6.61 Å². The molecular weight excluding hydrogens is 320 g/mol. The van der Waals surface area contributed by atoms with E-state index in [1.807, 2.05) is 0 Å². The van der Waals surface area contributed by atoms with Crippen molar-refractivity contribution in [3.63, 3.8) is 0 Å². The molecule has 1 aliphatic heterocycles. The van der Waals surface area contributed by atoms with E-state index in [1.54, 1.807) is 0 Å². The minimum absolute atomic E-state index is 0.268. The van der Waals surface area contributed by atoms with E-state index in [1.165, 1.54) is 83.5 Å². The van der Waals surface area contributed by atoms with Crippen molar-refractivity contribution in [2.75, 3.05) is 19.7 Å². The van der Waals surface area contributed by atoms with Gasteiger partial charge >= 0.3 is 0 Å². The fourth-order valence-corrected chi connectivity index (χ4v) is 4.03. The smallest absolute Gasteiger partial charge is 0.166 e. The summed E-state index contributed by atoms with van der Waals surface area (Å²) in [6, 6.07) is 0. The molecule has 2 N–H and O–H groups in total. The molecule has 152 valence electrons. The molecule has 2 unspecified atom stereocenters. The lowest BCUT2D eigenvalue weighted by atomic mass is 10.1. The Balaban J connectivity index is 1.93. The second kappa shape index (κ2) is 15.3. The van der Waals surface area contributed by atoms with Crippen LogP contribution in [0.15, 0.2) is 24.6 Å². The van der Waals surface area contributed by atoms with Crippen molar-refractivity contribution in [2.24, 2.45) is 0 Å². The fraction of sp³-hybridized carbons (Fsp3) is 0.826. The molecule has 3 nitrogen and oxygen atoms in total. The molecule has 0 aromatic carbocycles. The summed E-state index contributed by atoms with van der Waals surface area (Å²) >= 11 is 0. The van der Waals surface area contributed by atoms with Gasteiger partial charge < -0.3 is 10.4 Å². The molecular formula is C23H45N2O+. The lowest BCUT2D eigenvalue weighted by molar-refractivity contribution is -0.900. The molecule has 0 spiro atoms. The molecule has 0 aromatic rings. The number of aliphatic hydroxyl groups is 1. The van der Waals surface area contributed by atoms with Gasteiger partial charge in [-0.1, -0.05) is 64.0 Å². The lowest BCUT2D eigenvalue weighted by Crippen LogP contribution is -2.54. The number of allylic oxidation sites excluding steroid dienone is 2. The Bertz CT molecular complexity index is 380. The van der Waals surface area contributed by atoms with Gasteiger partial charge in [0.1, 0.15) is 12.7 Å². The van der Waals surface area contributed by atoms with Gasteiger partial charge in [-0.3, -0.25) is 4.48 Å². The van der Waals surface area contributed by atoms with Crippen LogP contribution in [0.5, 0.6) is 0 Å². The number of hydrogen-bond acceptors (Lipinski definition) is 2. The molecule has 0 fully saturated rings. The Morgan fingerprint density at radius 2 is 1.50 bits per heavy atom. The van der Waals surface area contributed by atoms with Crippen LogP contribution in [-0.2, 0) is 0 Å². The first kappa shape index (κ1) is 23.2. The second-order valence-corrected chi connectivity index (χ2v) is 7.88. The van der Waals surface area contributed by atoms with Crippen molar-refractivity contribution in [1.29, 1.82) is 0 Å². The highest BCUT2D eigenvalue weighted by Gasteiger charge is 2.35. The summed E-state index contributed by atoms with van der Waals surface area (Å²) in [6.45, 7) is 6.64. The summed E-state index contributed by atoms with van der Waals surface area (Å²) < 4.78 is 0.905. The topological polar surface area (TPSA) is 32.3 Å². The second-order valence-electron chi connectivity index (χ2n) is 7.88. The Morgan fingerprint density at radius 3 is 2.12 bits per heavy atom. The zero-order valence-electron chi connectivity index (χ0n) is 17.6. The van der Waals surface area contributed by atoms with Gasteiger partial charge in [0.2, 0.25) is 0 Å². The van der Waals surface area contributed by atoms with Crippen LogP contribution in [0.25, 0.3) is 0 Å².